The summed E-state index contributed by atoms with van der Waals surface area (Å²) in [6.07, 6.45) is 5.30. The van der Waals surface area contributed by atoms with E-state index in [-0.39, 0.29) is 12.5 Å². The molecular formula is C24H32N2O2. The van der Waals surface area contributed by atoms with Crippen molar-refractivity contribution < 1.29 is 9.53 Å². The third kappa shape index (κ3) is 7.18. The van der Waals surface area contributed by atoms with Crippen molar-refractivity contribution in [1.29, 1.82) is 0 Å². The first-order valence-electron chi connectivity index (χ1n) is 10.3. The fraction of sp³-hybridized carbons (Fsp3) is 0.417. The lowest BCUT2D eigenvalue weighted by atomic mass is 9.99. The summed E-state index contributed by atoms with van der Waals surface area (Å²) in [5.41, 5.74) is 5.87. The van der Waals surface area contributed by atoms with Crippen LogP contribution in [0.2, 0.25) is 0 Å². The van der Waals surface area contributed by atoms with Crippen LogP contribution in [0, 0.1) is 0 Å². The normalized spacial score (nSPS) is 12.5. The molecule has 2 aromatic rings. The van der Waals surface area contributed by atoms with Crippen molar-refractivity contribution in [3.8, 4) is 5.75 Å². The van der Waals surface area contributed by atoms with E-state index in [0.717, 1.165) is 43.4 Å². The van der Waals surface area contributed by atoms with E-state index in [2.05, 4.69) is 43.4 Å². The lowest BCUT2D eigenvalue weighted by Crippen LogP contribution is -2.26. The summed E-state index contributed by atoms with van der Waals surface area (Å²) in [4.78, 5) is 12.2. The van der Waals surface area contributed by atoms with Crippen LogP contribution < -0.4 is 10.2 Å². The monoisotopic (exact) mass is 380 g/mol. The molecule has 0 aliphatic rings. The molecular weight excluding hydrogens is 348 g/mol. The zero-order valence-electron chi connectivity index (χ0n) is 17.3. The number of nitrogens with one attached hydrogen (secondary N) is 1. The summed E-state index contributed by atoms with van der Waals surface area (Å²) >= 11 is 0. The van der Waals surface area contributed by atoms with Crippen LogP contribution in [0.1, 0.15) is 69.9 Å². The minimum atomic E-state index is -0.255. The Morgan fingerprint density at radius 3 is 2.39 bits per heavy atom. The van der Waals surface area contributed by atoms with Gasteiger partial charge in [-0.25, -0.2) is 5.43 Å². The quantitative estimate of drug-likeness (QED) is 0.310. The lowest BCUT2D eigenvalue weighted by Gasteiger charge is -2.11. The van der Waals surface area contributed by atoms with Crippen molar-refractivity contribution >= 4 is 11.6 Å². The van der Waals surface area contributed by atoms with Gasteiger partial charge >= 0.3 is 0 Å². The maximum absolute atomic E-state index is 12.2. The van der Waals surface area contributed by atoms with Gasteiger partial charge in [-0.2, -0.15) is 5.10 Å². The Morgan fingerprint density at radius 2 is 1.75 bits per heavy atom. The maximum atomic E-state index is 12.2. The third-order valence-corrected chi connectivity index (χ3v) is 4.87. The standard InChI is InChI=1S/C24H32N2O2/c1-4-6-8-13-23(21-11-9-7-10-12-21)25-26-24(27)18-28-22-16-14-20(15-17-22)19(3)5-2/h7,9-12,14-17,19H,4-6,8,13,18H2,1-3H3,(H,26,27)/b25-23+. The van der Waals surface area contributed by atoms with Gasteiger partial charge in [-0.3, -0.25) is 4.79 Å². The van der Waals surface area contributed by atoms with Crippen LogP contribution in [0.5, 0.6) is 5.75 Å². The van der Waals surface area contributed by atoms with E-state index in [9.17, 15) is 4.79 Å². The van der Waals surface area contributed by atoms with Crippen LogP contribution in [0.15, 0.2) is 59.7 Å². The smallest absolute Gasteiger partial charge is 0.277 e. The van der Waals surface area contributed by atoms with Gasteiger partial charge in [0.25, 0.3) is 5.91 Å². The minimum Gasteiger partial charge on any atom is -0.484 e. The molecule has 0 aliphatic carbocycles. The average molecular weight is 381 g/mol. The third-order valence-electron chi connectivity index (χ3n) is 4.87. The fourth-order valence-electron chi connectivity index (χ4n) is 2.88. The fourth-order valence-corrected chi connectivity index (χ4v) is 2.88. The highest BCUT2D eigenvalue weighted by molar-refractivity contribution is 6.01. The van der Waals surface area contributed by atoms with E-state index in [0.29, 0.717) is 11.7 Å². The molecule has 0 aliphatic heterocycles. The largest absolute Gasteiger partial charge is 0.484 e. The number of hydrazone groups is 1. The SMILES string of the molecule is CCCCC/C(=N\NC(=O)COc1ccc(C(C)CC)cc1)c1ccccc1. The highest BCUT2D eigenvalue weighted by Crippen LogP contribution is 2.21. The topological polar surface area (TPSA) is 50.7 Å². The highest BCUT2D eigenvalue weighted by atomic mass is 16.5. The summed E-state index contributed by atoms with van der Waals surface area (Å²) in [7, 11) is 0. The molecule has 0 saturated heterocycles. The van der Waals surface area contributed by atoms with E-state index in [1.165, 1.54) is 5.56 Å². The zero-order chi connectivity index (χ0) is 20.2. The summed E-state index contributed by atoms with van der Waals surface area (Å²) in [5, 5.41) is 4.36. The summed E-state index contributed by atoms with van der Waals surface area (Å²) < 4.78 is 5.59. The van der Waals surface area contributed by atoms with E-state index in [1.54, 1.807) is 0 Å². The number of hydrogen-bond acceptors (Lipinski definition) is 3. The van der Waals surface area contributed by atoms with Gasteiger partial charge in [-0.15, -0.1) is 0 Å². The van der Waals surface area contributed by atoms with Crippen molar-refractivity contribution in [3.05, 3.63) is 65.7 Å². The molecule has 2 rings (SSSR count). The highest BCUT2D eigenvalue weighted by Gasteiger charge is 2.07. The number of amides is 1. The van der Waals surface area contributed by atoms with Crippen LogP contribution in [0.3, 0.4) is 0 Å². The molecule has 28 heavy (non-hydrogen) atoms. The van der Waals surface area contributed by atoms with E-state index < -0.39 is 0 Å². The molecule has 1 N–H and O–H groups in total. The van der Waals surface area contributed by atoms with Crippen molar-refractivity contribution in [3.63, 3.8) is 0 Å². The predicted molar refractivity (Wildman–Crippen MR) is 116 cm³/mol. The van der Waals surface area contributed by atoms with Crippen molar-refractivity contribution in [2.45, 2.75) is 58.8 Å². The second-order valence-corrected chi connectivity index (χ2v) is 7.08. The second-order valence-electron chi connectivity index (χ2n) is 7.08. The molecule has 1 unspecified atom stereocenters. The molecule has 0 aromatic heterocycles. The summed E-state index contributed by atoms with van der Waals surface area (Å²) in [5.74, 6) is 0.961. The molecule has 0 heterocycles. The minimum absolute atomic E-state index is 0.0524. The van der Waals surface area contributed by atoms with Crippen molar-refractivity contribution in [2.24, 2.45) is 5.10 Å². The van der Waals surface area contributed by atoms with Gasteiger partial charge in [0, 0.05) is 0 Å². The number of carbonyl (C=O) groups is 1. The molecule has 1 atom stereocenters. The molecule has 0 radical (unpaired) electrons. The van der Waals surface area contributed by atoms with Crippen LogP contribution >= 0.6 is 0 Å². The Bertz CT molecular complexity index is 739. The predicted octanol–water partition coefficient (Wildman–Crippen LogP) is 5.68. The Kier molecular flexibility index (Phi) is 9.26. The number of rotatable bonds is 11. The van der Waals surface area contributed by atoms with Crippen LogP contribution in [-0.4, -0.2) is 18.2 Å². The first-order chi connectivity index (χ1) is 13.6. The van der Waals surface area contributed by atoms with Crippen LogP contribution in [0.4, 0.5) is 0 Å². The van der Waals surface area contributed by atoms with Gasteiger partial charge in [0.2, 0.25) is 0 Å². The Labute approximate surface area is 169 Å². The number of ether oxygens (including phenoxy) is 1. The van der Waals surface area contributed by atoms with Crippen LogP contribution in [0.25, 0.3) is 0 Å². The van der Waals surface area contributed by atoms with E-state index in [1.807, 2.05) is 42.5 Å². The van der Waals surface area contributed by atoms with Crippen LogP contribution in [-0.2, 0) is 4.79 Å². The molecule has 150 valence electrons. The molecule has 0 spiro atoms. The first-order valence-corrected chi connectivity index (χ1v) is 10.3. The van der Waals surface area contributed by atoms with E-state index in [4.69, 9.17) is 4.74 Å². The molecule has 1 amide bonds. The first kappa shape index (κ1) is 21.7. The number of hydrogen-bond donors (Lipinski definition) is 1. The van der Waals surface area contributed by atoms with Crippen molar-refractivity contribution in [1.82, 2.24) is 5.43 Å². The van der Waals surface area contributed by atoms with Gasteiger partial charge in [-0.1, -0.05) is 76.1 Å². The molecule has 0 saturated carbocycles. The summed E-state index contributed by atoms with van der Waals surface area (Å²) in [6.45, 7) is 6.50. The molecule has 0 bridgehead atoms. The van der Waals surface area contributed by atoms with Gasteiger partial charge in [0.15, 0.2) is 6.61 Å². The Hall–Kier alpha value is -2.62. The second kappa shape index (κ2) is 12.0. The average Bonchev–Trinajstić information content (AvgIpc) is 2.75. The van der Waals surface area contributed by atoms with Gasteiger partial charge in [0.1, 0.15) is 5.75 Å². The summed E-state index contributed by atoms with van der Waals surface area (Å²) in [6, 6.07) is 17.9. The number of nitrogens with zero attached hydrogens (tertiary/aromatic N) is 1. The Balaban J connectivity index is 1.90. The molecule has 4 nitrogen and oxygen atoms in total. The Morgan fingerprint density at radius 1 is 1.04 bits per heavy atom. The molecule has 2 aromatic carbocycles. The number of unbranched alkanes of at least 4 members (excludes halogenated alkanes) is 2. The number of benzene rings is 2. The van der Waals surface area contributed by atoms with Gasteiger partial charge in [-0.05, 0) is 48.4 Å². The number of carbonyl (C=O) groups excluding carboxylic acids is 1. The molecule has 0 fully saturated rings. The van der Waals surface area contributed by atoms with Gasteiger partial charge < -0.3 is 4.74 Å². The van der Waals surface area contributed by atoms with Crippen molar-refractivity contribution in [2.75, 3.05) is 6.61 Å². The maximum Gasteiger partial charge on any atom is 0.277 e. The van der Waals surface area contributed by atoms with Gasteiger partial charge in [0.05, 0.1) is 5.71 Å². The zero-order valence-corrected chi connectivity index (χ0v) is 17.3. The molecule has 4 heteroatoms. The van der Waals surface area contributed by atoms with E-state index >= 15 is 0 Å². The lowest BCUT2D eigenvalue weighted by molar-refractivity contribution is -0.123.